The summed E-state index contributed by atoms with van der Waals surface area (Å²) in [5.74, 6) is -0.584. The maximum absolute atomic E-state index is 12.5. The van der Waals surface area contributed by atoms with Crippen molar-refractivity contribution in [3.63, 3.8) is 0 Å². The van der Waals surface area contributed by atoms with Crippen LogP contribution in [0.25, 0.3) is 11.3 Å². The molecular formula is C19H12N2O3. The monoisotopic (exact) mass is 316 g/mol. The van der Waals surface area contributed by atoms with Crippen molar-refractivity contribution in [3.05, 3.63) is 78.0 Å². The van der Waals surface area contributed by atoms with Crippen molar-refractivity contribution < 1.29 is 14.7 Å². The molecular weight excluding hydrogens is 304 g/mol. The van der Waals surface area contributed by atoms with Crippen molar-refractivity contribution in [1.82, 2.24) is 4.98 Å². The maximum Gasteiger partial charge on any atom is 0.266 e. The zero-order chi connectivity index (χ0) is 16.7. The van der Waals surface area contributed by atoms with Crippen LogP contribution in [0.5, 0.6) is 5.75 Å². The van der Waals surface area contributed by atoms with Gasteiger partial charge in [-0.25, -0.2) is 4.90 Å². The second kappa shape index (κ2) is 5.31. The van der Waals surface area contributed by atoms with E-state index in [0.717, 1.165) is 4.90 Å². The molecule has 0 bridgehead atoms. The van der Waals surface area contributed by atoms with Gasteiger partial charge in [0.15, 0.2) is 0 Å². The number of benzene rings is 2. The topological polar surface area (TPSA) is 70.5 Å². The Labute approximate surface area is 137 Å². The molecule has 5 heteroatoms. The fourth-order valence-electron chi connectivity index (χ4n) is 2.81. The van der Waals surface area contributed by atoms with Crippen LogP contribution in [0, 0.1) is 0 Å². The number of hydrogen-bond acceptors (Lipinski definition) is 4. The van der Waals surface area contributed by atoms with Gasteiger partial charge in [-0.3, -0.25) is 14.6 Å². The molecule has 116 valence electrons. The first kappa shape index (κ1) is 14.1. The zero-order valence-electron chi connectivity index (χ0n) is 12.5. The summed E-state index contributed by atoms with van der Waals surface area (Å²) in [6.45, 7) is 0. The molecule has 2 aromatic carbocycles. The minimum atomic E-state index is -0.330. The molecule has 3 aromatic rings. The molecule has 2 heterocycles. The van der Waals surface area contributed by atoms with Crippen molar-refractivity contribution in [2.75, 3.05) is 4.90 Å². The smallest absolute Gasteiger partial charge is 0.266 e. The highest BCUT2D eigenvalue weighted by atomic mass is 16.3. The van der Waals surface area contributed by atoms with Crippen molar-refractivity contribution in [3.8, 4) is 17.0 Å². The van der Waals surface area contributed by atoms with Gasteiger partial charge in [-0.1, -0.05) is 24.3 Å². The molecule has 0 saturated heterocycles. The van der Waals surface area contributed by atoms with Crippen molar-refractivity contribution in [2.45, 2.75) is 0 Å². The molecule has 5 nitrogen and oxygen atoms in total. The minimum Gasteiger partial charge on any atom is -0.506 e. The fraction of sp³-hybridized carbons (Fsp3) is 0. The van der Waals surface area contributed by atoms with Crippen LogP contribution < -0.4 is 4.90 Å². The summed E-state index contributed by atoms with van der Waals surface area (Å²) in [6.07, 6.45) is 1.59. The average Bonchev–Trinajstić information content (AvgIpc) is 2.87. The number of hydrogen-bond donors (Lipinski definition) is 1. The van der Waals surface area contributed by atoms with E-state index in [-0.39, 0.29) is 17.6 Å². The van der Waals surface area contributed by atoms with Crippen LogP contribution in [-0.4, -0.2) is 21.9 Å². The number of rotatable bonds is 2. The van der Waals surface area contributed by atoms with Crippen molar-refractivity contribution >= 4 is 17.5 Å². The van der Waals surface area contributed by atoms with Gasteiger partial charge in [0.1, 0.15) is 11.4 Å². The number of aromatic hydroxyl groups is 1. The molecule has 1 aliphatic rings. The second-order valence-corrected chi connectivity index (χ2v) is 5.41. The van der Waals surface area contributed by atoms with Gasteiger partial charge in [-0.2, -0.15) is 0 Å². The van der Waals surface area contributed by atoms with E-state index in [1.54, 1.807) is 66.9 Å². The Kier molecular flexibility index (Phi) is 3.13. The van der Waals surface area contributed by atoms with Crippen LogP contribution in [0.4, 0.5) is 5.69 Å². The lowest BCUT2D eigenvalue weighted by Gasteiger charge is -2.14. The fourth-order valence-corrected chi connectivity index (χ4v) is 2.81. The molecule has 1 aromatic heterocycles. The van der Waals surface area contributed by atoms with Crippen LogP contribution >= 0.6 is 0 Å². The number of aromatic nitrogens is 1. The largest absolute Gasteiger partial charge is 0.506 e. The number of fused-ring (bicyclic) bond motifs is 1. The lowest BCUT2D eigenvalue weighted by Crippen LogP contribution is -2.29. The molecule has 0 saturated carbocycles. The summed E-state index contributed by atoms with van der Waals surface area (Å²) in [5, 5.41) is 9.87. The molecule has 2 amide bonds. The average molecular weight is 316 g/mol. The van der Waals surface area contributed by atoms with Crippen LogP contribution in [-0.2, 0) is 0 Å². The van der Waals surface area contributed by atoms with E-state index in [1.165, 1.54) is 0 Å². The molecule has 0 radical (unpaired) electrons. The molecule has 0 fully saturated rings. The number of nitrogens with zero attached hydrogens (tertiary/aromatic N) is 2. The van der Waals surface area contributed by atoms with E-state index in [1.807, 2.05) is 0 Å². The van der Waals surface area contributed by atoms with Crippen LogP contribution in [0.1, 0.15) is 20.7 Å². The number of carbonyl (C=O) groups excluding carboxylic acids is 2. The van der Waals surface area contributed by atoms with E-state index in [2.05, 4.69) is 4.98 Å². The number of imide groups is 1. The summed E-state index contributed by atoms with van der Waals surface area (Å²) >= 11 is 0. The summed E-state index contributed by atoms with van der Waals surface area (Å²) in [6, 6.07) is 16.8. The Hall–Kier alpha value is -3.47. The van der Waals surface area contributed by atoms with Gasteiger partial charge in [0, 0.05) is 11.8 Å². The molecule has 0 aliphatic carbocycles. The third kappa shape index (κ3) is 2.06. The van der Waals surface area contributed by atoms with E-state index in [4.69, 9.17) is 0 Å². The SMILES string of the molecule is O=C1c2ccccc2C(=O)N1c1ccc(-c2ncccc2O)cc1. The summed E-state index contributed by atoms with van der Waals surface area (Å²) in [4.78, 5) is 30.2. The molecule has 0 atom stereocenters. The molecule has 1 aliphatic heterocycles. The number of anilines is 1. The molecule has 0 spiro atoms. The predicted molar refractivity (Wildman–Crippen MR) is 88.9 cm³/mol. The number of carbonyl (C=O) groups is 2. The Morgan fingerprint density at radius 1 is 0.792 bits per heavy atom. The Morgan fingerprint density at radius 2 is 1.42 bits per heavy atom. The van der Waals surface area contributed by atoms with Crippen molar-refractivity contribution in [2.24, 2.45) is 0 Å². The van der Waals surface area contributed by atoms with E-state index in [9.17, 15) is 14.7 Å². The molecule has 1 N–H and O–H groups in total. The Balaban J connectivity index is 1.71. The third-order valence-corrected chi connectivity index (χ3v) is 3.98. The first-order chi connectivity index (χ1) is 11.7. The highest BCUT2D eigenvalue weighted by molar-refractivity contribution is 6.34. The first-order valence-corrected chi connectivity index (χ1v) is 7.39. The van der Waals surface area contributed by atoms with Gasteiger partial charge < -0.3 is 5.11 Å². The van der Waals surface area contributed by atoms with Gasteiger partial charge in [-0.15, -0.1) is 0 Å². The number of pyridine rings is 1. The highest BCUT2D eigenvalue weighted by Crippen LogP contribution is 2.31. The zero-order valence-corrected chi connectivity index (χ0v) is 12.5. The third-order valence-electron chi connectivity index (χ3n) is 3.98. The Bertz CT molecular complexity index is 929. The van der Waals surface area contributed by atoms with E-state index < -0.39 is 0 Å². The van der Waals surface area contributed by atoms with Gasteiger partial charge in [0.2, 0.25) is 0 Å². The van der Waals surface area contributed by atoms with Crippen LogP contribution in [0.15, 0.2) is 66.9 Å². The minimum absolute atomic E-state index is 0.0750. The maximum atomic E-state index is 12.5. The predicted octanol–water partition coefficient (Wildman–Crippen LogP) is 3.25. The van der Waals surface area contributed by atoms with Gasteiger partial charge in [-0.05, 0) is 36.4 Å². The summed E-state index contributed by atoms with van der Waals surface area (Å²) in [7, 11) is 0. The van der Waals surface area contributed by atoms with Gasteiger partial charge in [0.05, 0.1) is 16.8 Å². The normalized spacial score (nSPS) is 13.2. The van der Waals surface area contributed by atoms with E-state index in [0.29, 0.717) is 28.1 Å². The quantitative estimate of drug-likeness (QED) is 0.737. The standard InChI is InChI=1S/C19H12N2O3/c22-16-6-3-11-20-17(16)12-7-9-13(10-8-12)21-18(23)14-4-1-2-5-15(14)19(21)24/h1-11,22H. The van der Waals surface area contributed by atoms with Crippen LogP contribution in [0.3, 0.4) is 0 Å². The molecule has 24 heavy (non-hydrogen) atoms. The second-order valence-electron chi connectivity index (χ2n) is 5.41. The highest BCUT2D eigenvalue weighted by Gasteiger charge is 2.36. The number of amides is 2. The van der Waals surface area contributed by atoms with Crippen LogP contribution in [0.2, 0.25) is 0 Å². The lowest BCUT2D eigenvalue weighted by atomic mass is 10.1. The lowest BCUT2D eigenvalue weighted by molar-refractivity contribution is 0.0926. The van der Waals surface area contributed by atoms with Crippen molar-refractivity contribution in [1.29, 1.82) is 0 Å². The van der Waals surface area contributed by atoms with Gasteiger partial charge >= 0.3 is 0 Å². The molecule has 4 rings (SSSR count). The first-order valence-electron chi connectivity index (χ1n) is 7.39. The summed E-state index contributed by atoms with van der Waals surface area (Å²) in [5.41, 5.74) is 2.46. The summed E-state index contributed by atoms with van der Waals surface area (Å²) < 4.78 is 0. The Morgan fingerprint density at radius 3 is 2.00 bits per heavy atom. The molecule has 0 unspecified atom stereocenters. The van der Waals surface area contributed by atoms with E-state index >= 15 is 0 Å². The van der Waals surface area contributed by atoms with Gasteiger partial charge in [0.25, 0.3) is 11.8 Å².